The van der Waals surface area contributed by atoms with Gasteiger partial charge < -0.3 is 14.7 Å². The van der Waals surface area contributed by atoms with Crippen LogP contribution in [0.5, 0.6) is 0 Å². The molecular weight excluding hydrogens is 368 g/mol. The molecule has 0 radical (unpaired) electrons. The van der Waals surface area contributed by atoms with Crippen molar-refractivity contribution < 1.29 is 9.90 Å². The Labute approximate surface area is 163 Å². The van der Waals surface area contributed by atoms with Crippen molar-refractivity contribution in [3.63, 3.8) is 0 Å². The fraction of sp³-hybridized carbons (Fsp3) is 0.0870. The van der Waals surface area contributed by atoms with Crippen LogP contribution in [0.2, 0.25) is 0 Å². The van der Waals surface area contributed by atoms with E-state index >= 15 is 0 Å². The summed E-state index contributed by atoms with van der Waals surface area (Å²) in [5.41, 5.74) is 2.83. The van der Waals surface area contributed by atoms with E-state index in [1.54, 1.807) is 41.0 Å². The SMILES string of the molecule is Cc1ccc2[nH]c3cc4c(=O)c5ccccc5n(CC(=O)O)c4cc3c(=O)c2c1. The molecule has 2 N–H and O–H groups in total. The monoisotopic (exact) mass is 384 g/mol. The first-order valence-corrected chi connectivity index (χ1v) is 9.17. The second kappa shape index (κ2) is 6.04. The third-order valence-electron chi connectivity index (χ3n) is 5.34. The third kappa shape index (κ3) is 2.53. The van der Waals surface area contributed by atoms with Crippen LogP contribution < -0.4 is 10.9 Å². The molecule has 0 saturated heterocycles. The Morgan fingerprint density at radius 3 is 2.38 bits per heavy atom. The lowest BCUT2D eigenvalue weighted by molar-refractivity contribution is -0.137. The zero-order chi connectivity index (χ0) is 20.3. The lowest BCUT2D eigenvalue weighted by Gasteiger charge is -2.14. The Hall–Kier alpha value is -3.93. The van der Waals surface area contributed by atoms with Crippen LogP contribution in [0.25, 0.3) is 43.6 Å². The van der Waals surface area contributed by atoms with Crippen molar-refractivity contribution in [2.24, 2.45) is 0 Å². The van der Waals surface area contributed by atoms with Gasteiger partial charge in [-0.05, 0) is 43.3 Å². The van der Waals surface area contributed by atoms with E-state index in [4.69, 9.17) is 0 Å². The number of para-hydroxylation sites is 1. The number of pyridine rings is 2. The molecule has 0 unspecified atom stereocenters. The quantitative estimate of drug-likeness (QED) is 0.455. The van der Waals surface area contributed by atoms with Crippen LogP contribution in [0.3, 0.4) is 0 Å². The van der Waals surface area contributed by atoms with E-state index in [2.05, 4.69) is 4.98 Å². The predicted octanol–water partition coefficient (Wildman–Crippen LogP) is 3.54. The number of carboxylic acid groups (broad SMARTS) is 1. The van der Waals surface area contributed by atoms with Gasteiger partial charge in [0.2, 0.25) is 0 Å². The number of fused-ring (bicyclic) bond motifs is 4. The molecule has 0 aliphatic heterocycles. The fourth-order valence-electron chi connectivity index (χ4n) is 4.01. The minimum absolute atomic E-state index is 0.151. The Morgan fingerprint density at radius 1 is 0.862 bits per heavy atom. The highest BCUT2D eigenvalue weighted by molar-refractivity contribution is 6.03. The van der Waals surface area contributed by atoms with Crippen molar-refractivity contribution in [3.8, 4) is 0 Å². The van der Waals surface area contributed by atoms with Crippen molar-refractivity contribution >= 4 is 49.6 Å². The van der Waals surface area contributed by atoms with E-state index in [9.17, 15) is 19.5 Å². The van der Waals surface area contributed by atoms with Crippen LogP contribution in [0.1, 0.15) is 5.56 Å². The topological polar surface area (TPSA) is 92.2 Å². The van der Waals surface area contributed by atoms with E-state index < -0.39 is 5.97 Å². The molecule has 0 amide bonds. The molecule has 0 saturated carbocycles. The van der Waals surface area contributed by atoms with Gasteiger partial charge in [0.25, 0.3) is 0 Å². The molecule has 2 aromatic heterocycles. The van der Waals surface area contributed by atoms with Crippen molar-refractivity contribution in [2.45, 2.75) is 13.5 Å². The molecule has 0 fully saturated rings. The van der Waals surface area contributed by atoms with Crippen LogP contribution in [-0.2, 0) is 11.3 Å². The highest BCUT2D eigenvalue weighted by atomic mass is 16.4. The molecule has 5 rings (SSSR count). The van der Waals surface area contributed by atoms with Crippen LogP contribution in [0.4, 0.5) is 0 Å². The normalized spacial score (nSPS) is 11.6. The molecule has 0 aliphatic rings. The summed E-state index contributed by atoms with van der Waals surface area (Å²) in [6, 6.07) is 15.8. The number of aryl methyl sites for hydroxylation is 1. The maximum absolute atomic E-state index is 13.1. The van der Waals surface area contributed by atoms with Gasteiger partial charge in [0, 0.05) is 27.1 Å². The molecular formula is C23H16N2O4. The molecule has 0 atom stereocenters. The number of H-pyrrole nitrogens is 1. The molecule has 3 aromatic carbocycles. The van der Waals surface area contributed by atoms with Crippen molar-refractivity contribution in [1.82, 2.24) is 9.55 Å². The summed E-state index contributed by atoms with van der Waals surface area (Å²) in [6.45, 7) is 1.60. The predicted molar refractivity (Wildman–Crippen MR) is 114 cm³/mol. The van der Waals surface area contributed by atoms with Crippen LogP contribution in [0, 0.1) is 6.92 Å². The van der Waals surface area contributed by atoms with Gasteiger partial charge in [-0.15, -0.1) is 0 Å². The maximum Gasteiger partial charge on any atom is 0.323 e. The molecule has 142 valence electrons. The number of benzene rings is 3. The molecule has 0 spiro atoms. The second-order valence-corrected chi connectivity index (χ2v) is 7.24. The van der Waals surface area contributed by atoms with Gasteiger partial charge in [0.05, 0.1) is 16.6 Å². The summed E-state index contributed by atoms with van der Waals surface area (Å²) < 4.78 is 1.58. The molecule has 2 heterocycles. The molecule has 6 nitrogen and oxygen atoms in total. The van der Waals surface area contributed by atoms with Crippen LogP contribution >= 0.6 is 0 Å². The molecule has 5 aromatic rings. The average Bonchev–Trinajstić information content (AvgIpc) is 2.71. The van der Waals surface area contributed by atoms with Gasteiger partial charge in [0.15, 0.2) is 10.9 Å². The third-order valence-corrected chi connectivity index (χ3v) is 5.34. The number of aromatic amines is 1. The maximum atomic E-state index is 13.1. The van der Waals surface area contributed by atoms with E-state index in [1.807, 2.05) is 25.1 Å². The largest absolute Gasteiger partial charge is 0.480 e. The number of hydrogen-bond acceptors (Lipinski definition) is 3. The van der Waals surface area contributed by atoms with Crippen molar-refractivity contribution in [1.29, 1.82) is 0 Å². The average molecular weight is 384 g/mol. The summed E-state index contributed by atoms with van der Waals surface area (Å²) in [5.74, 6) is -1.02. The number of nitrogens with one attached hydrogen (secondary N) is 1. The van der Waals surface area contributed by atoms with E-state index in [0.717, 1.165) is 5.56 Å². The lowest BCUT2D eigenvalue weighted by Crippen LogP contribution is -2.16. The zero-order valence-corrected chi connectivity index (χ0v) is 15.5. The first kappa shape index (κ1) is 17.2. The molecule has 0 aliphatic carbocycles. The number of aromatic nitrogens is 2. The van der Waals surface area contributed by atoms with Crippen molar-refractivity contribution in [2.75, 3.05) is 0 Å². The van der Waals surface area contributed by atoms with E-state index in [1.165, 1.54) is 0 Å². The van der Waals surface area contributed by atoms with Crippen LogP contribution in [0.15, 0.2) is 64.2 Å². The van der Waals surface area contributed by atoms with Gasteiger partial charge in [-0.25, -0.2) is 0 Å². The summed E-state index contributed by atoms with van der Waals surface area (Å²) >= 11 is 0. The minimum Gasteiger partial charge on any atom is -0.480 e. The Morgan fingerprint density at radius 2 is 1.59 bits per heavy atom. The summed E-state index contributed by atoms with van der Waals surface area (Å²) in [7, 11) is 0. The molecule has 29 heavy (non-hydrogen) atoms. The van der Waals surface area contributed by atoms with E-state index in [0.29, 0.717) is 43.6 Å². The lowest BCUT2D eigenvalue weighted by atomic mass is 10.0. The molecule has 0 bridgehead atoms. The van der Waals surface area contributed by atoms with Crippen molar-refractivity contribution in [3.05, 3.63) is 80.6 Å². The molecule has 6 heteroatoms. The number of carboxylic acids is 1. The summed E-state index contributed by atoms with van der Waals surface area (Å²) in [4.78, 5) is 41.0. The number of carbonyl (C=O) groups is 1. The standard InChI is InChI=1S/C23H16N2O4/c1-12-6-7-17-14(8-12)23(29)15-10-20-16(9-18(15)24-17)22(28)13-4-2-3-5-19(13)25(20)11-21(26)27/h2-10H,11H2,1H3,(H,24,29)(H,26,27). The first-order valence-electron chi connectivity index (χ1n) is 9.17. The number of aliphatic carboxylic acids is 1. The van der Waals surface area contributed by atoms with Gasteiger partial charge in [-0.1, -0.05) is 23.8 Å². The number of nitrogens with zero attached hydrogens (tertiary/aromatic N) is 1. The number of hydrogen-bond donors (Lipinski definition) is 2. The van der Waals surface area contributed by atoms with Gasteiger partial charge in [-0.2, -0.15) is 0 Å². The minimum atomic E-state index is -1.02. The summed E-state index contributed by atoms with van der Waals surface area (Å²) in [5, 5.41) is 11.2. The smallest absolute Gasteiger partial charge is 0.323 e. The summed E-state index contributed by atoms with van der Waals surface area (Å²) in [6.07, 6.45) is 0. The van der Waals surface area contributed by atoms with Crippen LogP contribution in [-0.4, -0.2) is 20.6 Å². The number of rotatable bonds is 2. The fourth-order valence-corrected chi connectivity index (χ4v) is 4.01. The Kier molecular flexibility index (Phi) is 3.58. The Balaban J connectivity index is 2.03. The first-order chi connectivity index (χ1) is 13.9. The van der Waals surface area contributed by atoms with E-state index in [-0.39, 0.29) is 17.4 Å². The zero-order valence-electron chi connectivity index (χ0n) is 15.5. The van der Waals surface area contributed by atoms with Gasteiger partial charge in [0.1, 0.15) is 6.54 Å². The Bertz CT molecular complexity index is 1610. The second-order valence-electron chi connectivity index (χ2n) is 7.24. The highest BCUT2D eigenvalue weighted by Gasteiger charge is 2.15. The van der Waals surface area contributed by atoms with Gasteiger partial charge >= 0.3 is 5.97 Å². The highest BCUT2D eigenvalue weighted by Crippen LogP contribution is 2.24. The van der Waals surface area contributed by atoms with Gasteiger partial charge in [-0.3, -0.25) is 14.4 Å².